The number of carbonyl (C=O) groups is 1. The van der Waals surface area contributed by atoms with Crippen LogP contribution in [0.2, 0.25) is 0 Å². The maximum atomic E-state index is 12.2. The van der Waals surface area contributed by atoms with Gasteiger partial charge in [0.1, 0.15) is 12.4 Å². The zero-order valence-electron chi connectivity index (χ0n) is 15.9. The minimum Gasteiger partial charge on any atom is -0.489 e. The van der Waals surface area contributed by atoms with Gasteiger partial charge < -0.3 is 15.8 Å². The van der Waals surface area contributed by atoms with Crippen molar-refractivity contribution in [3.63, 3.8) is 0 Å². The lowest BCUT2D eigenvalue weighted by molar-refractivity contribution is -0.122. The Kier molecular flexibility index (Phi) is 10.8. The smallest absolute Gasteiger partial charge is 0.237 e. The van der Waals surface area contributed by atoms with Crippen molar-refractivity contribution in [3.8, 4) is 5.75 Å². The highest BCUT2D eigenvalue weighted by Crippen LogP contribution is 2.15. The fraction of sp³-hybridized carbons (Fsp3) is 0.182. The van der Waals surface area contributed by atoms with Crippen LogP contribution in [0.3, 0.4) is 0 Å². The SMILES string of the molecule is Cl.Cl.N[C@@H](Cc1ccc(OCc2ccccc2)cc1)C(=O)NCc1ccncc1. The largest absolute Gasteiger partial charge is 0.489 e. The predicted molar refractivity (Wildman–Crippen MR) is 119 cm³/mol. The molecular formula is C22H25Cl2N3O2. The fourth-order valence-corrected chi connectivity index (χ4v) is 2.63. The van der Waals surface area contributed by atoms with Crippen molar-refractivity contribution < 1.29 is 9.53 Å². The first kappa shape index (κ1) is 24.4. The van der Waals surface area contributed by atoms with Crippen molar-refractivity contribution in [2.24, 2.45) is 5.73 Å². The van der Waals surface area contributed by atoms with E-state index >= 15 is 0 Å². The number of pyridine rings is 1. The van der Waals surface area contributed by atoms with E-state index in [1.165, 1.54) is 0 Å². The molecule has 2 aromatic carbocycles. The number of nitrogens with zero attached hydrogens (tertiary/aromatic N) is 1. The molecule has 3 aromatic rings. The topological polar surface area (TPSA) is 77.2 Å². The zero-order valence-corrected chi connectivity index (χ0v) is 17.5. The lowest BCUT2D eigenvalue weighted by atomic mass is 10.1. The van der Waals surface area contributed by atoms with E-state index in [2.05, 4.69) is 10.3 Å². The standard InChI is InChI=1S/C22H23N3O2.2ClH/c23-21(22(26)25-15-18-10-12-24-13-11-18)14-17-6-8-20(9-7-17)27-16-19-4-2-1-3-5-19;;/h1-13,21H,14-16,23H2,(H,25,26);2*1H/t21-;;/m0../s1. The summed E-state index contributed by atoms with van der Waals surface area (Å²) in [5, 5.41) is 2.85. The van der Waals surface area contributed by atoms with Gasteiger partial charge in [-0.25, -0.2) is 0 Å². The summed E-state index contributed by atoms with van der Waals surface area (Å²) in [4.78, 5) is 16.1. The third kappa shape index (κ3) is 8.11. The number of ether oxygens (including phenoxy) is 1. The van der Waals surface area contributed by atoms with E-state index in [-0.39, 0.29) is 30.7 Å². The molecule has 3 N–H and O–H groups in total. The average Bonchev–Trinajstić information content (AvgIpc) is 2.73. The van der Waals surface area contributed by atoms with Gasteiger partial charge in [0, 0.05) is 18.9 Å². The number of halogens is 2. The Hall–Kier alpha value is -2.60. The summed E-state index contributed by atoms with van der Waals surface area (Å²) < 4.78 is 5.77. The van der Waals surface area contributed by atoms with Crippen molar-refractivity contribution in [3.05, 3.63) is 95.8 Å². The molecule has 0 unspecified atom stereocenters. The van der Waals surface area contributed by atoms with Gasteiger partial charge in [-0.3, -0.25) is 9.78 Å². The molecule has 7 heteroatoms. The van der Waals surface area contributed by atoms with Gasteiger partial charge in [0.2, 0.25) is 5.91 Å². The summed E-state index contributed by atoms with van der Waals surface area (Å²) in [7, 11) is 0. The fourth-order valence-electron chi connectivity index (χ4n) is 2.63. The van der Waals surface area contributed by atoms with Crippen LogP contribution in [0.1, 0.15) is 16.7 Å². The highest BCUT2D eigenvalue weighted by atomic mass is 35.5. The third-order valence-corrected chi connectivity index (χ3v) is 4.18. The summed E-state index contributed by atoms with van der Waals surface area (Å²) in [6, 6.07) is 20.8. The van der Waals surface area contributed by atoms with Gasteiger partial charge in [-0.15, -0.1) is 24.8 Å². The van der Waals surface area contributed by atoms with Gasteiger partial charge in [0.15, 0.2) is 0 Å². The first-order chi connectivity index (χ1) is 13.2. The summed E-state index contributed by atoms with van der Waals surface area (Å²) in [6.07, 6.45) is 3.87. The van der Waals surface area contributed by atoms with Crippen molar-refractivity contribution in [2.75, 3.05) is 0 Å². The lowest BCUT2D eigenvalue weighted by Gasteiger charge is -2.13. The summed E-state index contributed by atoms with van der Waals surface area (Å²) in [5.74, 6) is 0.620. The quantitative estimate of drug-likeness (QED) is 0.567. The molecular weight excluding hydrogens is 409 g/mol. The number of benzene rings is 2. The van der Waals surface area contributed by atoms with E-state index in [1.54, 1.807) is 12.4 Å². The molecule has 0 aliphatic rings. The number of nitrogens with two attached hydrogens (primary N) is 1. The van der Waals surface area contributed by atoms with Crippen LogP contribution >= 0.6 is 24.8 Å². The second-order valence-corrected chi connectivity index (χ2v) is 6.30. The Morgan fingerprint density at radius 1 is 0.897 bits per heavy atom. The van der Waals surface area contributed by atoms with Gasteiger partial charge in [0.05, 0.1) is 6.04 Å². The predicted octanol–water partition coefficient (Wildman–Crippen LogP) is 3.69. The molecule has 29 heavy (non-hydrogen) atoms. The zero-order chi connectivity index (χ0) is 18.9. The molecule has 0 aliphatic heterocycles. The highest BCUT2D eigenvalue weighted by molar-refractivity contribution is 5.85. The van der Waals surface area contributed by atoms with Gasteiger partial charge in [-0.2, -0.15) is 0 Å². The Balaban J connectivity index is 0.00000210. The summed E-state index contributed by atoms with van der Waals surface area (Å²) in [6.45, 7) is 0.971. The van der Waals surface area contributed by atoms with Crippen LogP contribution in [-0.2, 0) is 24.4 Å². The molecule has 1 heterocycles. The van der Waals surface area contributed by atoms with Gasteiger partial charge in [-0.1, -0.05) is 42.5 Å². The Bertz CT molecular complexity index is 847. The number of carbonyl (C=O) groups excluding carboxylic acids is 1. The first-order valence-electron chi connectivity index (χ1n) is 8.88. The van der Waals surface area contributed by atoms with Crippen LogP contribution in [0.4, 0.5) is 0 Å². The maximum absolute atomic E-state index is 12.2. The molecule has 0 radical (unpaired) electrons. The van der Waals surface area contributed by atoms with E-state index in [0.29, 0.717) is 19.6 Å². The molecule has 1 amide bonds. The molecule has 1 aromatic heterocycles. The number of hydrogen-bond acceptors (Lipinski definition) is 4. The summed E-state index contributed by atoms with van der Waals surface area (Å²) in [5.41, 5.74) is 9.14. The molecule has 0 saturated heterocycles. The van der Waals surface area contributed by atoms with Crippen LogP contribution in [-0.4, -0.2) is 16.9 Å². The van der Waals surface area contributed by atoms with Crippen LogP contribution in [0.5, 0.6) is 5.75 Å². The Morgan fingerprint density at radius 3 is 2.21 bits per heavy atom. The van der Waals surface area contributed by atoms with E-state index in [4.69, 9.17) is 10.5 Å². The third-order valence-electron chi connectivity index (χ3n) is 4.18. The van der Waals surface area contributed by atoms with Crippen LogP contribution in [0.25, 0.3) is 0 Å². The van der Waals surface area contributed by atoms with Crippen molar-refractivity contribution in [2.45, 2.75) is 25.6 Å². The van der Waals surface area contributed by atoms with E-state index < -0.39 is 6.04 Å². The molecule has 3 rings (SSSR count). The molecule has 1 atom stereocenters. The molecule has 0 saturated carbocycles. The molecule has 0 bridgehead atoms. The normalized spacial score (nSPS) is 10.8. The minimum atomic E-state index is -0.595. The number of amides is 1. The Morgan fingerprint density at radius 2 is 1.55 bits per heavy atom. The lowest BCUT2D eigenvalue weighted by Crippen LogP contribution is -2.41. The number of aromatic nitrogens is 1. The van der Waals surface area contributed by atoms with Gasteiger partial charge >= 0.3 is 0 Å². The highest BCUT2D eigenvalue weighted by Gasteiger charge is 2.13. The molecule has 0 aliphatic carbocycles. The van der Waals surface area contributed by atoms with Crippen molar-refractivity contribution in [1.82, 2.24) is 10.3 Å². The van der Waals surface area contributed by atoms with Crippen LogP contribution in [0.15, 0.2) is 79.1 Å². The Labute approximate surface area is 183 Å². The molecule has 0 fully saturated rings. The van der Waals surface area contributed by atoms with Crippen LogP contribution < -0.4 is 15.8 Å². The molecule has 154 valence electrons. The van der Waals surface area contributed by atoms with Crippen LogP contribution in [0, 0.1) is 0 Å². The molecule has 5 nitrogen and oxygen atoms in total. The average molecular weight is 434 g/mol. The number of nitrogens with one attached hydrogen (secondary N) is 1. The van der Waals surface area contributed by atoms with Gasteiger partial charge in [0.25, 0.3) is 0 Å². The van der Waals surface area contributed by atoms with E-state index in [1.807, 2.05) is 66.7 Å². The number of rotatable bonds is 8. The van der Waals surface area contributed by atoms with Crippen molar-refractivity contribution in [1.29, 1.82) is 0 Å². The minimum absolute atomic E-state index is 0. The summed E-state index contributed by atoms with van der Waals surface area (Å²) >= 11 is 0. The molecule has 0 spiro atoms. The second kappa shape index (κ2) is 12.8. The first-order valence-corrected chi connectivity index (χ1v) is 8.88. The number of hydrogen-bond donors (Lipinski definition) is 2. The van der Waals surface area contributed by atoms with Crippen molar-refractivity contribution >= 4 is 30.7 Å². The second-order valence-electron chi connectivity index (χ2n) is 6.30. The van der Waals surface area contributed by atoms with E-state index in [0.717, 1.165) is 22.4 Å². The monoisotopic (exact) mass is 433 g/mol. The maximum Gasteiger partial charge on any atom is 0.237 e. The van der Waals surface area contributed by atoms with Gasteiger partial charge in [-0.05, 0) is 47.4 Å². The van der Waals surface area contributed by atoms with E-state index in [9.17, 15) is 4.79 Å².